The zero-order valence-corrected chi connectivity index (χ0v) is 10.7. The van der Waals surface area contributed by atoms with Crippen LogP contribution >= 0.6 is 0 Å². The predicted octanol–water partition coefficient (Wildman–Crippen LogP) is 2.81. The number of urea groups is 1. The van der Waals surface area contributed by atoms with Crippen LogP contribution in [-0.2, 0) is 0 Å². The van der Waals surface area contributed by atoms with Gasteiger partial charge in [-0.25, -0.2) is 4.79 Å². The van der Waals surface area contributed by atoms with Crippen molar-refractivity contribution < 1.29 is 9.59 Å². The van der Waals surface area contributed by atoms with Crippen molar-refractivity contribution in [1.29, 1.82) is 0 Å². The fourth-order valence-electron chi connectivity index (χ4n) is 2.00. The molecule has 2 atom stereocenters. The van der Waals surface area contributed by atoms with Gasteiger partial charge in [0, 0.05) is 17.3 Å². The van der Waals surface area contributed by atoms with E-state index in [1.54, 1.807) is 24.3 Å². The molecule has 2 rings (SSSR count). The second-order valence-corrected chi connectivity index (χ2v) is 4.74. The van der Waals surface area contributed by atoms with E-state index in [0.717, 1.165) is 12.8 Å². The summed E-state index contributed by atoms with van der Waals surface area (Å²) < 4.78 is 0. The molecule has 4 heteroatoms. The standard InChI is InChI=1S/C14H18N2O2/c1-3-10-8-13(10)16-14(18)15-12-6-4-11(5-7-12)9(2)17/h4-7,10,13H,3,8H2,1-2H3,(H2,15,16,18). The Balaban J connectivity index is 1.85. The minimum absolute atomic E-state index is 0.0229. The Kier molecular flexibility index (Phi) is 3.65. The highest BCUT2D eigenvalue weighted by atomic mass is 16.2. The summed E-state index contributed by atoms with van der Waals surface area (Å²) in [7, 11) is 0. The summed E-state index contributed by atoms with van der Waals surface area (Å²) in [5.74, 6) is 0.658. The largest absolute Gasteiger partial charge is 0.335 e. The summed E-state index contributed by atoms with van der Waals surface area (Å²) >= 11 is 0. The van der Waals surface area contributed by atoms with Gasteiger partial charge in [0.2, 0.25) is 0 Å². The average Bonchev–Trinajstić information content (AvgIpc) is 3.08. The van der Waals surface area contributed by atoms with E-state index in [2.05, 4.69) is 17.6 Å². The third-order valence-corrected chi connectivity index (χ3v) is 3.31. The van der Waals surface area contributed by atoms with E-state index in [1.165, 1.54) is 6.92 Å². The minimum atomic E-state index is -0.175. The van der Waals surface area contributed by atoms with Gasteiger partial charge < -0.3 is 10.6 Å². The molecule has 2 amide bonds. The van der Waals surface area contributed by atoms with Crippen molar-refractivity contribution in [2.24, 2.45) is 5.92 Å². The summed E-state index contributed by atoms with van der Waals surface area (Å²) in [6, 6.07) is 7.05. The van der Waals surface area contributed by atoms with Crippen LogP contribution in [0.25, 0.3) is 0 Å². The van der Waals surface area contributed by atoms with Gasteiger partial charge in [-0.15, -0.1) is 0 Å². The molecule has 0 heterocycles. The third-order valence-electron chi connectivity index (χ3n) is 3.31. The van der Waals surface area contributed by atoms with Crippen molar-refractivity contribution in [3.63, 3.8) is 0 Å². The van der Waals surface area contributed by atoms with Crippen LogP contribution in [0.1, 0.15) is 37.0 Å². The molecule has 1 aliphatic carbocycles. The molecule has 0 radical (unpaired) electrons. The lowest BCUT2D eigenvalue weighted by Crippen LogP contribution is -2.31. The summed E-state index contributed by atoms with van der Waals surface area (Å²) in [5, 5.41) is 5.69. The summed E-state index contributed by atoms with van der Waals surface area (Å²) in [6.07, 6.45) is 2.19. The lowest BCUT2D eigenvalue weighted by Gasteiger charge is -2.07. The zero-order valence-electron chi connectivity index (χ0n) is 10.7. The van der Waals surface area contributed by atoms with Crippen LogP contribution in [0.4, 0.5) is 10.5 Å². The number of hydrogen-bond acceptors (Lipinski definition) is 2. The van der Waals surface area contributed by atoms with Gasteiger partial charge in [0.15, 0.2) is 5.78 Å². The Morgan fingerprint density at radius 2 is 1.94 bits per heavy atom. The Morgan fingerprint density at radius 3 is 2.44 bits per heavy atom. The zero-order chi connectivity index (χ0) is 13.1. The minimum Gasteiger partial charge on any atom is -0.335 e. The van der Waals surface area contributed by atoms with Gasteiger partial charge >= 0.3 is 6.03 Å². The van der Waals surface area contributed by atoms with Crippen LogP contribution in [-0.4, -0.2) is 17.9 Å². The van der Waals surface area contributed by atoms with E-state index in [9.17, 15) is 9.59 Å². The molecule has 1 aromatic carbocycles. The summed E-state index contributed by atoms with van der Waals surface area (Å²) in [5.41, 5.74) is 1.35. The van der Waals surface area contributed by atoms with Gasteiger partial charge in [-0.2, -0.15) is 0 Å². The monoisotopic (exact) mass is 246 g/mol. The first kappa shape index (κ1) is 12.6. The van der Waals surface area contributed by atoms with Crippen molar-refractivity contribution >= 4 is 17.5 Å². The molecule has 96 valence electrons. The van der Waals surface area contributed by atoms with Gasteiger partial charge in [-0.3, -0.25) is 4.79 Å². The maximum Gasteiger partial charge on any atom is 0.319 e. The van der Waals surface area contributed by atoms with Crippen molar-refractivity contribution in [3.05, 3.63) is 29.8 Å². The predicted molar refractivity (Wildman–Crippen MR) is 70.8 cm³/mol. The highest BCUT2D eigenvalue weighted by Gasteiger charge is 2.36. The highest BCUT2D eigenvalue weighted by molar-refractivity contribution is 5.95. The average molecular weight is 246 g/mol. The fraction of sp³-hybridized carbons (Fsp3) is 0.429. The molecule has 0 spiro atoms. The van der Waals surface area contributed by atoms with Gasteiger partial charge in [-0.05, 0) is 43.5 Å². The van der Waals surface area contributed by atoms with Gasteiger partial charge in [0.05, 0.1) is 0 Å². The second-order valence-electron chi connectivity index (χ2n) is 4.74. The summed E-state index contributed by atoms with van der Waals surface area (Å²) in [6.45, 7) is 3.65. The van der Waals surface area contributed by atoms with E-state index in [4.69, 9.17) is 0 Å². The van der Waals surface area contributed by atoms with E-state index >= 15 is 0 Å². The molecule has 1 aliphatic rings. The normalized spacial score (nSPS) is 21.2. The smallest absolute Gasteiger partial charge is 0.319 e. The maximum absolute atomic E-state index is 11.7. The van der Waals surface area contributed by atoms with Crippen molar-refractivity contribution in [1.82, 2.24) is 5.32 Å². The molecule has 0 aliphatic heterocycles. The molecular formula is C14H18N2O2. The highest BCUT2D eigenvalue weighted by Crippen LogP contribution is 2.33. The fourth-order valence-corrected chi connectivity index (χ4v) is 2.00. The number of hydrogen-bond donors (Lipinski definition) is 2. The van der Waals surface area contributed by atoms with Gasteiger partial charge in [-0.1, -0.05) is 13.3 Å². The van der Waals surface area contributed by atoms with Crippen molar-refractivity contribution in [2.75, 3.05) is 5.32 Å². The van der Waals surface area contributed by atoms with Crippen LogP contribution in [0.2, 0.25) is 0 Å². The number of carbonyl (C=O) groups is 2. The number of benzene rings is 1. The van der Waals surface area contributed by atoms with E-state index in [0.29, 0.717) is 23.2 Å². The van der Waals surface area contributed by atoms with E-state index < -0.39 is 0 Å². The number of ketones is 1. The van der Waals surface area contributed by atoms with Crippen molar-refractivity contribution in [2.45, 2.75) is 32.7 Å². The van der Waals surface area contributed by atoms with E-state index in [1.807, 2.05) is 0 Å². The lowest BCUT2D eigenvalue weighted by atomic mass is 10.1. The number of amides is 2. The summed E-state index contributed by atoms with van der Waals surface area (Å²) in [4.78, 5) is 22.8. The second kappa shape index (κ2) is 5.21. The Bertz CT molecular complexity index is 453. The SMILES string of the molecule is CCC1CC1NC(=O)Nc1ccc(C(C)=O)cc1. The molecule has 2 N–H and O–H groups in total. The third kappa shape index (κ3) is 3.09. The van der Waals surface area contributed by atoms with Gasteiger partial charge in [0.25, 0.3) is 0 Å². The molecule has 18 heavy (non-hydrogen) atoms. The first-order valence-corrected chi connectivity index (χ1v) is 6.28. The number of Topliss-reactive ketones (excluding diaryl/α,β-unsaturated/α-hetero) is 1. The molecule has 0 aromatic heterocycles. The quantitative estimate of drug-likeness (QED) is 0.802. The van der Waals surface area contributed by atoms with Crippen LogP contribution in [0.15, 0.2) is 24.3 Å². The molecule has 1 fully saturated rings. The Morgan fingerprint density at radius 1 is 1.28 bits per heavy atom. The van der Waals surface area contributed by atoms with E-state index in [-0.39, 0.29) is 11.8 Å². The Labute approximate surface area is 107 Å². The molecule has 1 aromatic rings. The van der Waals surface area contributed by atoms with Crippen LogP contribution in [0.3, 0.4) is 0 Å². The number of rotatable bonds is 4. The first-order chi connectivity index (χ1) is 8.60. The first-order valence-electron chi connectivity index (χ1n) is 6.28. The Hall–Kier alpha value is -1.84. The lowest BCUT2D eigenvalue weighted by molar-refractivity contribution is 0.101. The molecule has 0 saturated heterocycles. The molecular weight excluding hydrogens is 228 g/mol. The number of anilines is 1. The maximum atomic E-state index is 11.7. The number of carbonyl (C=O) groups excluding carboxylic acids is 2. The van der Waals surface area contributed by atoms with Crippen LogP contribution < -0.4 is 10.6 Å². The van der Waals surface area contributed by atoms with Gasteiger partial charge in [0.1, 0.15) is 0 Å². The number of nitrogens with one attached hydrogen (secondary N) is 2. The molecule has 1 saturated carbocycles. The molecule has 2 unspecified atom stereocenters. The van der Waals surface area contributed by atoms with Crippen LogP contribution in [0.5, 0.6) is 0 Å². The molecule has 0 bridgehead atoms. The van der Waals surface area contributed by atoms with Crippen LogP contribution in [0, 0.1) is 5.92 Å². The molecule has 4 nitrogen and oxygen atoms in total. The van der Waals surface area contributed by atoms with Crippen molar-refractivity contribution in [3.8, 4) is 0 Å². The topological polar surface area (TPSA) is 58.2 Å².